The summed E-state index contributed by atoms with van der Waals surface area (Å²) in [6.45, 7) is 5.99. The van der Waals surface area contributed by atoms with E-state index < -0.39 is 0 Å². The van der Waals surface area contributed by atoms with Crippen LogP contribution in [0.4, 0.5) is 10.5 Å². The summed E-state index contributed by atoms with van der Waals surface area (Å²) in [5.41, 5.74) is 2.42. The molecule has 7 heteroatoms. The molecule has 2 aromatic rings. The standard InChI is InChI=1S/C19H24N4O3/c1-4-20-19(26)23-16(12-5-6-12)10-15(22-23)14-9-13(7-8-17(14)24)21-18(25)11(2)3/h7-12,24H,4-6H2,1-3H3,(H,20,26)(H,21,25). The lowest BCUT2D eigenvalue weighted by molar-refractivity contribution is -0.118. The Bertz CT molecular complexity index is 837. The molecule has 1 aromatic heterocycles. The Morgan fingerprint density at radius 2 is 2.04 bits per heavy atom. The molecule has 2 amide bonds. The van der Waals surface area contributed by atoms with Crippen LogP contribution in [0.1, 0.15) is 45.2 Å². The Morgan fingerprint density at radius 3 is 2.65 bits per heavy atom. The van der Waals surface area contributed by atoms with Gasteiger partial charge in [-0.1, -0.05) is 13.8 Å². The zero-order valence-electron chi connectivity index (χ0n) is 15.2. The molecule has 3 N–H and O–H groups in total. The number of hydrogen-bond donors (Lipinski definition) is 3. The van der Waals surface area contributed by atoms with Crippen molar-refractivity contribution in [2.45, 2.75) is 39.5 Å². The smallest absolute Gasteiger partial charge is 0.342 e. The van der Waals surface area contributed by atoms with E-state index in [2.05, 4.69) is 15.7 Å². The number of hydrogen-bond acceptors (Lipinski definition) is 4. The molecule has 3 rings (SSSR count). The number of aromatic nitrogens is 2. The van der Waals surface area contributed by atoms with Crippen LogP contribution in [0.15, 0.2) is 24.3 Å². The van der Waals surface area contributed by atoms with Gasteiger partial charge in [0.2, 0.25) is 5.91 Å². The van der Waals surface area contributed by atoms with Crippen molar-refractivity contribution < 1.29 is 14.7 Å². The number of phenols is 1. The molecule has 0 saturated heterocycles. The molecule has 1 saturated carbocycles. The number of carbonyl (C=O) groups excluding carboxylic acids is 2. The van der Waals surface area contributed by atoms with E-state index in [0.29, 0.717) is 29.4 Å². The van der Waals surface area contributed by atoms with Gasteiger partial charge in [-0.25, -0.2) is 4.79 Å². The fraction of sp³-hybridized carbons (Fsp3) is 0.421. The highest BCUT2D eigenvalue weighted by Crippen LogP contribution is 2.42. The maximum absolute atomic E-state index is 12.3. The number of phenolic OH excluding ortho intramolecular Hbond substituents is 1. The number of amides is 2. The number of aromatic hydroxyl groups is 1. The molecular formula is C19H24N4O3. The monoisotopic (exact) mass is 356 g/mol. The molecule has 0 aliphatic heterocycles. The molecule has 1 heterocycles. The third-order valence-corrected chi connectivity index (χ3v) is 4.32. The van der Waals surface area contributed by atoms with Gasteiger partial charge in [0, 0.05) is 29.6 Å². The van der Waals surface area contributed by atoms with Crippen molar-refractivity contribution in [2.24, 2.45) is 5.92 Å². The largest absolute Gasteiger partial charge is 0.507 e. The maximum Gasteiger partial charge on any atom is 0.342 e. The molecule has 1 aliphatic carbocycles. The van der Waals surface area contributed by atoms with Gasteiger partial charge in [0.1, 0.15) is 5.75 Å². The average molecular weight is 356 g/mol. The Morgan fingerprint density at radius 1 is 1.31 bits per heavy atom. The molecule has 26 heavy (non-hydrogen) atoms. The van der Waals surface area contributed by atoms with E-state index in [1.54, 1.807) is 12.1 Å². The van der Waals surface area contributed by atoms with Gasteiger partial charge in [-0.3, -0.25) is 4.79 Å². The number of benzene rings is 1. The fourth-order valence-corrected chi connectivity index (χ4v) is 2.69. The number of nitrogens with zero attached hydrogens (tertiary/aromatic N) is 2. The molecule has 0 spiro atoms. The van der Waals surface area contributed by atoms with Crippen LogP contribution < -0.4 is 10.6 Å². The summed E-state index contributed by atoms with van der Waals surface area (Å²) in [5.74, 6) is 0.124. The topological polar surface area (TPSA) is 96.3 Å². The Hall–Kier alpha value is -2.83. The first kappa shape index (κ1) is 18.0. The molecule has 1 aromatic carbocycles. The highest BCUT2D eigenvalue weighted by Gasteiger charge is 2.30. The van der Waals surface area contributed by atoms with Gasteiger partial charge in [0.15, 0.2) is 0 Å². The first-order valence-corrected chi connectivity index (χ1v) is 8.93. The van der Waals surface area contributed by atoms with Crippen molar-refractivity contribution in [1.29, 1.82) is 0 Å². The van der Waals surface area contributed by atoms with E-state index in [-0.39, 0.29) is 23.6 Å². The molecule has 0 radical (unpaired) electrons. The highest BCUT2D eigenvalue weighted by molar-refractivity contribution is 5.93. The lowest BCUT2D eigenvalue weighted by atomic mass is 10.1. The Kier molecular flexibility index (Phi) is 4.97. The summed E-state index contributed by atoms with van der Waals surface area (Å²) >= 11 is 0. The quantitative estimate of drug-likeness (QED) is 0.716. The molecule has 0 unspecified atom stereocenters. The van der Waals surface area contributed by atoms with Crippen molar-refractivity contribution in [3.8, 4) is 17.0 Å². The summed E-state index contributed by atoms with van der Waals surface area (Å²) in [6.07, 6.45) is 2.06. The van der Waals surface area contributed by atoms with Crippen LogP contribution in [-0.2, 0) is 4.79 Å². The van der Waals surface area contributed by atoms with Crippen molar-refractivity contribution in [3.63, 3.8) is 0 Å². The van der Waals surface area contributed by atoms with Gasteiger partial charge >= 0.3 is 6.03 Å². The number of anilines is 1. The predicted octanol–water partition coefficient (Wildman–Crippen LogP) is 3.31. The van der Waals surface area contributed by atoms with Gasteiger partial charge < -0.3 is 15.7 Å². The Labute approximate surface area is 152 Å². The number of nitrogens with one attached hydrogen (secondary N) is 2. The molecular weight excluding hydrogens is 332 g/mol. The van der Waals surface area contributed by atoms with E-state index in [9.17, 15) is 14.7 Å². The summed E-state index contributed by atoms with van der Waals surface area (Å²) in [5, 5.41) is 20.2. The SMILES string of the molecule is CCNC(=O)n1nc(-c2cc(NC(=O)C(C)C)ccc2O)cc1C1CC1. The normalized spacial score (nSPS) is 13.7. The highest BCUT2D eigenvalue weighted by atomic mass is 16.3. The second-order valence-corrected chi connectivity index (χ2v) is 6.85. The lowest BCUT2D eigenvalue weighted by Crippen LogP contribution is -2.30. The van der Waals surface area contributed by atoms with E-state index in [1.807, 2.05) is 26.8 Å². The zero-order valence-corrected chi connectivity index (χ0v) is 15.2. The van der Waals surface area contributed by atoms with Crippen molar-refractivity contribution >= 4 is 17.6 Å². The molecule has 0 atom stereocenters. The van der Waals surface area contributed by atoms with Crippen LogP contribution in [0.5, 0.6) is 5.75 Å². The molecule has 138 valence electrons. The van der Waals surface area contributed by atoms with Gasteiger partial charge in [0.25, 0.3) is 0 Å². The minimum atomic E-state index is -0.274. The molecule has 1 aliphatic rings. The summed E-state index contributed by atoms with van der Waals surface area (Å²) in [6, 6.07) is 6.41. The van der Waals surface area contributed by atoms with Gasteiger partial charge in [-0.05, 0) is 44.0 Å². The first-order chi connectivity index (χ1) is 12.4. The third kappa shape index (κ3) is 3.71. The number of carbonyl (C=O) groups is 2. The van der Waals surface area contributed by atoms with E-state index in [0.717, 1.165) is 18.5 Å². The summed E-state index contributed by atoms with van der Waals surface area (Å²) in [4.78, 5) is 24.2. The van der Waals surface area contributed by atoms with Crippen LogP contribution in [0, 0.1) is 5.92 Å². The second kappa shape index (κ2) is 7.19. The van der Waals surface area contributed by atoms with Crippen LogP contribution >= 0.6 is 0 Å². The van der Waals surface area contributed by atoms with E-state index >= 15 is 0 Å². The fourth-order valence-electron chi connectivity index (χ4n) is 2.69. The van der Waals surface area contributed by atoms with Gasteiger partial charge in [-0.2, -0.15) is 9.78 Å². The minimum Gasteiger partial charge on any atom is -0.507 e. The summed E-state index contributed by atoms with van der Waals surface area (Å²) < 4.78 is 1.38. The van der Waals surface area contributed by atoms with Crippen LogP contribution in [-0.4, -0.2) is 33.4 Å². The van der Waals surface area contributed by atoms with Crippen LogP contribution in [0.2, 0.25) is 0 Å². The van der Waals surface area contributed by atoms with Gasteiger partial charge in [0.05, 0.1) is 11.4 Å². The lowest BCUT2D eigenvalue weighted by Gasteiger charge is -2.10. The van der Waals surface area contributed by atoms with E-state index in [1.165, 1.54) is 10.7 Å². The Balaban J connectivity index is 1.96. The maximum atomic E-state index is 12.3. The van der Waals surface area contributed by atoms with Crippen LogP contribution in [0.3, 0.4) is 0 Å². The molecule has 0 bridgehead atoms. The van der Waals surface area contributed by atoms with Crippen molar-refractivity contribution in [1.82, 2.24) is 15.1 Å². The predicted molar refractivity (Wildman–Crippen MR) is 99.2 cm³/mol. The molecule has 1 fully saturated rings. The first-order valence-electron chi connectivity index (χ1n) is 8.93. The van der Waals surface area contributed by atoms with Crippen molar-refractivity contribution in [2.75, 3.05) is 11.9 Å². The second-order valence-electron chi connectivity index (χ2n) is 6.85. The van der Waals surface area contributed by atoms with Crippen LogP contribution in [0.25, 0.3) is 11.3 Å². The molecule has 7 nitrogen and oxygen atoms in total. The number of rotatable bonds is 5. The zero-order chi connectivity index (χ0) is 18.8. The van der Waals surface area contributed by atoms with Gasteiger partial charge in [-0.15, -0.1) is 0 Å². The average Bonchev–Trinajstić information content (AvgIpc) is 3.35. The van der Waals surface area contributed by atoms with E-state index in [4.69, 9.17) is 0 Å². The van der Waals surface area contributed by atoms with Crippen molar-refractivity contribution in [3.05, 3.63) is 30.0 Å². The third-order valence-electron chi connectivity index (χ3n) is 4.32. The minimum absolute atomic E-state index is 0.0513. The summed E-state index contributed by atoms with van der Waals surface area (Å²) in [7, 11) is 0.